The molecule has 1 amide bonds. The van der Waals surface area contributed by atoms with E-state index in [9.17, 15) is 4.79 Å². The number of nitrogens with zero attached hydrogens (tertiary/aromatic N) is 3. The molecule has 0 unspecified atom stereocenters. The number of amides is 1. The molecule has 0 N–H and O–H groups in total. The first kappa shape index (κ1) is 11.3. The molecule has 0 aliphatic heterocycles. The smallest absolute Gasteiger partial charge is 0.273 e. The molecule has 18 heavy (non-hydrogen) atoms. The lowest BCUT2D eigenvalue weighted by Crippen LogP contribution is -2.32. The van der Waals surface area contributed by atoms with Crippen molar-refractivity contribution in [1.29, 1.82) is 0 Å². The van der Waals surface area contributed by atoms with Crippen molar-refractivity contribution in [3.8, 4) is 0 Å². The first-order chi connectivity index (χ1) is 8.84. The van der Waals surface area contributed by atoms with Gasteiger partial charge in [-0.05, 0) is 24.5 Å². The fourth-order valence-corrected chi connectivity index (χ4v) is 2.43. The highest BCUT2D eigenvalue weighted by atomic mass is 32.1. The summed E-state index contributed by atoms with van der Waals surface area (Å²) in [6.07, 6.45) is 5.74. The molecule has 0 atom stereocenters. The molecule has 0 radical (unpaired) electrons. The third kappa shape index (κ3) is 2.41. The predicted molar refractivity (Wildman–Crippen MR) is 69.2 cm³/mol. The Hall–Kier alpha value is -1.75. The minimum Gasteiger partial charge on any atom is -0.330 e. The number of thiazole rings is 1. The summed E-state index contributed by atoms with van der Waals surface area (Å²) in [6, 6.07) is 4.27. The van der Waals surface area contributed by atoms with Crippen molar-refractivity contribution in [3.63, 3.8) is 0 Å². The highest BCUT2D eigenvalue weighted by Crippen LogP contribution is 2.29. The van der Waals surface area contributed by atoms with E-state index >= 15 is 0 Å². The second kappa shape index (κ2) is 4.86. The third-order valence-corrected chi connectivity index (χ3v) is 3.56. The lowest BCUT2D eigenvalue weighted by molar-refractivity contribution is 0.0724. The van der Waals surface area contributed by atoms with Gasteiger partial charge in [-0.15, -0.1) is 11.3 Å². The number of pyridine rings is 1. The Morgan fingerprint density at radius 1 is 1.50 bits per heavy atom. The summed E-state index contributed by atoms with van der Waals surface area (Å²) in [5.74, 6) is 0.0302. The number of carbonyl (C=O) groups excluding carboxylic acids is 1. The van der Waals surface area contributed by atoms with Crippen molar-refractivity contribution in [2.24, 2.45) is 0 Å². The maximum absolute atomic E-state index is 12.3. The minimum absolute atomic E-state index is 0.0302. The third-order valence-electron chi connectivity index (χ3n) is 2.98. The van der Waals surface area contributed by atoms with E-state index in [-0.39, 0.29) is 5.91 Å². The molecule has 1 saturated carbocycles. The Morgan fingerprint density at radius 2 is 2.39 bits per heavy atom. The van der Waals surface area contributed by atoms with Crippen LogP contribution in [0.25, 0.3) is 0 Å². The fourth-order valence-electron chi connectivity index (χ4n) is 1.91. The average molecular weight is 259 g/mol. The molecule has 2 heterocycles. The zero-order chi connectivity index (χ0) is 12.4. The van der Waals surface area contributed by atoms with Crippen molar-refractivity contribution in [3.05, 3.63) is 46.7 Å². The maximum Gasteiger partial charge on any atom is 0.273 e. The zero-order valence-electron chi connectivity index (χ0n) is 9.82. The van der Waals surface area contributed by atoms with Gasteiger partial charge in [-0.1, -0.05) is 6.07 Å². The van der Waals surface area contributed by atoms with Gasteiger partial charge in [0.15, 0.2) is 0 Å². The van der Waals surface area contributed by atoms with E-state index in [0.29, 0.717) is 18.3 Å². The molecular weight excluding hydrogens is 246 g/mol. The molecule has 0 spiro atoms. The number of aromatic nitrogens is 2. The van der Waals surface area contributed by atoms with Gasteiger partial charge in [0.2, 0.25) is 0 Å². The maximum atomic E-state index is 12.3. The average Bonchev–Trinajstić information content (AvgIpc) is 3.10. The van der Waals surface area contributed by atoms with Gasteiger partial charge < -0.3 is 4.90 Å². The van der Waals surface area contributed by atoms with E-state index in [4.69, 9.17) is 0 Å². The summed E-state index contributed by atoms with van der Waals surface area (Å²) in [6.45, 7) is 0.620. The molecule has 1 aliphatic carbocycles. The zero-order valence-corrected chi connectivity index (χ0v) is 10.6. The molecular formula is C13H13N3OS. The van der Waals surface area contributed by atoms with Crippen LogP contribution in [0.3, 0.4) is 0 Å². The summed E-state index contributed by atoms with van der Waals surface area (Å²) in [4.78, 5) is 22.4. The van der Waals surface area contributed by atoms with E-state index in [1.54, 1.807) is 17.1 Å². The predicted octanol–water partition coefficient (Wildman–Crippen LogP) is 2.34. The molecule has 1 aliphatic rings. The van der Waals surface area contributed by atoms with Crippen LogP contribution in [-0.4, -0.2) is 26.8 Å². The Bertz CT molecular complexity index is 522. The number of hydrogen-bond acceptors (Lipinski definition) is 4. The monoisotopic (exact) mass is 259 g/mol. The molecule has 5 heteroatoms. The van der Waals surface area contributed by atoms with Crippen molar-refractivity contribution in [2.45, 2.75) is 25.4 Å². The van der Waals surface area contributed by atoms with Crippen molar-refractivity contribution in [2.75, 3.05) is 0 Å². The molecule has 4 nitrogen and oxygen atoms in total. The molecule has 3 rings (SSSR count). The fraction of sp³-hybridized carbons (Fsp3) is 0.308. The highest BCUT2D eigenvalue weighted by Gasteiger charge is 2.33. The van der Waals surface area contributed by atoms with E-state index in [1.807, 2.05) is 23.2 Å². The van der Waals surface area contributed by atoms with Gasteiger partial charge in [-0.25, -0.2) is 4.98 Å². The Balaban J connectivity index is 1.79. The first-order valence-electron chi connectivity index (χ1n) is 5.92. The minimum atomic E-state index is 0.0302. The van der Waals surface area contributed by atoms with Crippen LogP contribution >= 0.6 is 11.3 Å². The van der Waals surface area contributed by atoms with Gasteiger partial charge in [0.05, 0.1) is 5.51 Å². The second-order valence-electron chi connectivity index (χ2n) is 4.40. The molecule has 92 valence electrons. The van der Waals surface area contributed by atoms with Crippen molar-refractivity contribution < 1.29 is 4.79 Å². The van der Waals surface area contributed by atoms with Crippen LogP contribution < -0.4 is 0 Å². The van der Waals surface area contributed by atoms with Gasteiger partial charge in [-0.3, -0.25) is 9.78 Å². The summed E-state index contributed by atoms with van der Waals surface area (Å²) in [5.41, 5.74) is 3.31. The topological polar surface area (TPSA) is 46.1 Å². The van der Waals surface area contributed by atoms with E-state index in [2.05, 4.69) is 9.97 Å². The molecule has 0 bridgehead atoms. The molecule has 1 fully saturated rings. The SMILES string of the molecule is O=C(c1cscn1)N(Cc1cccnc1)C1CC1. The summed E-state index contributed by atoms with van der Waals surface area (Å²) < 4.78 is 0. The van der Waals surface area contributed by atoms with Crippen molar-refractivity contribution >= 4 is 17.2 Å². The Kier molecular flexibility index (Phi) is 3.06. The molecule has 0 saturated heterocycles. The first-order valence-corrected chi connectivity index (χ1v) is 6.87. The van der Waals surface area contributed by atoms with Crippen molar-refractivity contribution in [1.82, 2.24) is 14.9 Å². The molecule has 2 aromatic heterocycles. The van der Waals surface area contributed by atoms with Crippen LogP contribution in [0.1, 0.15) is 28.9 Å². The normalized spacial score (nSPS) is 14.4. The summed E-state index contributed by atoms with van der Waals surface area (Å²) in [7, 11) is 0. The number of carbonyl (C=O) groups is 1. The van der Waals surface area contributed by atoms with Crippen LogP contribution in [-0.2, 0) is 6.54 Å². The second-order valence-corrected chi connectivity index (χ2v) is 5.12. The summed E-state index contributed by atoms with van der Waals surface area (Å²) >= 11 is 1.45. The van der Waals surface area contributed by atoms with Crippen LogP contribution in [0.2, 0.25) is 0 Å². The van der Waals surface area contributed by atoms with Crippen LogP contribution in [0, 0.1) is 0 Å². The van der Waals surface area contributed by atoms with E-state index < -0.39 is 0 Å². The van der Waals surface area contributed by atoms with Crippen LogP contribution in [0.4, 0.5) is 0 Å². The molecule has 0 aromatic carbocycles. The Morgan fingerprint density at radius 3 is 3.00 bits per heavy atom. The number of rotatable bonds is 4. The standard InChI is InChI=1S/C13H13N3OS/c17-13(12-8-18-9-15-12)16(11-3-4-11)7-10-2-1-5-14-6-10/h1-2,5-6,8-9,11H,3-4,7H2. The van der Waals surface area contributed by atoms with Gasteiger partial charge in [-0.2, -0.15) is 0 Å². The Labute approximate surface area is 109 Å². The van der Waals surface area contributed by atoms with Crippen LogP contribution in [0.5, 0.6) is 0 Å². The quantitative estimate of drug-likeness (QED) is 0.846. The summed E-state index contributed by atoms with van der Waals surface area (Å²) in [5, 5.41) is 1.81. The highest BCUT2D eigenvalue weighted by molar-refractivity contribution is 7.07. The molecule has 2 aromatic rings. The lowest BCUT2D eigenvalue weighted by Gasteiger charge is -2.21. The van der Waals surface area contributed by atoms with Gasteiger partial charge in [0.25, 0.3) is 5.91 Å². The van der Waals surface area contributed by atoms with E-state index in [0.717, 1.165) is 18.4 Å². The largest absolute Gasteiger partial charge is 0.330 e. The van der Waals surface area contributed by atoms with Gasteiger partial charge in [0, 0.05) is 30.4 Å². The lowest BCUT2D eigenvalue weighted by atomic mass is 10.2. The van der Waals surface area contributed by atoms with Gasteiger partial charge >= 0.3 is 0 Å². The van der Waals surface area contributed by atoms with Crippen LogP contribution in [0.15, 0.2) is 35.4 Å². The van der Waals surface area contributed by atoms with E-state index in [1.165, 1.54) is 11.3 Å². The van der Waals surface area contributed by atoms with Gasteiger partial charge in [0.1, 0.15) is 5.69 Å². The number of hydrogen-bond donors (Lipinski definition) is 0.